The van der Waals surface area contributed by atoms with E-state index in [2.05, 4.69) is 15.5 Å². The van der Waals surface area contributed by atoms with E-state index in [-0.39, 0.29) is 18.2 Å². The molecule has 2 aromatic carbocycles. The highest BCUT2D eigenvalue weighted by molar-refractivity contribution is 7.13. The molecule has 0 radical (unpaired) electrons. The molecule has 3 heterocycles. The smallest absolute Gasteiger partial charge is 0.268 e. The molecule has 9 heteroatoms. The Morgan fingerprint density at radius 3 is 2.88 bits per heavy atom. The van der Waals surface area contributed by atoms with Crippen LogP contribution in [0.4, 0.5) is 5.69 Å². The molecule has 5 rings (SSSR count). The fraction of sp³-hybridized carbons (Fsp3) is 0.167. The van der Waals surface area contributed by atoms with Crippen molar-refractivity contribution in [1.29, 1.82) is 0 Å². The van der Waals surface area contributed by atoms with Gasteiger partial charge in [0.1, 0.15) is 0 Å². The topological polar surface area (TPSA) is 88.3 Å². The summed E-state index contributed by atoms with van der Waals surface area (Å²) in [6.45, 7) is 0.631. The fourth-order valence-corrected chi connectivity index (χ4v) is 4.60. The first-order valence-electron chi connectivity index (χ1n) is 10.4. The van der Waals surface area contributed by atoms with Gasteiger partial charge in [-0.15, -0.1) is 11.3 Å². The van der Waals surface area contributed by atoms with E-state index in [0.29, 0.717) is 35.5 Å². The Balaban J connectivity index is 1.28. The molecule has 1 fully saturated rings. The molecule has 1 saturated heterocycles. The van der Waals surface area contributed by atoms with Gasteiger partial charge in [-0.2, -0.15) is 4.98 Å². The SMILES string of the molecule is O=C(NCc1ccccc1Cl)[C@@H]1CC(=O)N(c2cccc(-c3noc(-c4cccs4)n3)c2)C1. The third-order valence-corrected chi connectivity index (χ3v) is 6.71. The van der Waals surface area contributed by atoms with Crippen molar-refractivity contribution in [2.75, 3.05) is 11.4 Å². The lowest BCUT2D eigenvalue weighted by atomic mass is 10.1. The fourth-order valence-electron chi connectivity index (χ4n) is 3.76. The number of aromatic nitrogens is 2. The van der Waals surface area contributed by atoms with Gasteiger partial charge in [0.25, 0.3) is 5.89 Å². The molecule has 33 heavy (non-hydrogen) atoms. The minimum atomic E-state index is -0.431. The lowest BCUT2D eigenvalue weighted by Gasteiger charge is -2.17. The molecule has 1 aliphatic heterocycles. The average Bonchev–Trinajstić information content (AvgIpc) is 3.59. The van der Waals surface area contributed by atoms with Gasteiger partial charge in [-0.3, -0.25) is 9.59 Å². The molecule has 1 aliphatic rings. The van der Waals surface area contributed by atoms with Crippen molar-refractivity contribution in [2.45, 2.75) is 13.0 Å². The van der Waals surface area contributed by atoms with Crippen molar-refractivity contribution in [3.63, 3.8) is 0 Å². The molecule has 1 N–H and O–H groups in total. The van der Waals surface area contributed by atoms with Crippen LogP contribution in [0.15, 0.2) is 70.6 Å². The summed E-state index contributed by atoms with van der Waals surface area (Å²) in [6, 6.07) is 18.6. The third kappa shape index (κ3) is 4.53. The second-order valence-corrected chi connectivity index (χ2v) is 9.02. The van der Waals surface area contributed by atoms with Crippen LogP contribution in [-0.4, -0.2) is 28.5 Å². The number of nitrogens with zero attached hydrogens (tertiary/aromatic N) is 3. The molecule has 166 valence electrons. The van der Waals surface area contributed by atoms with E-state index in [1.54, 1.807) is 11.0 Å². The summed E-state index contributed by atoms with van der Waals surface area (Å²) in [4.78, 5) is 32.4. The van der Waals surface area contributed by atoms with Crippen LogP contribution in [0.3, 0.4) is 0 Å². The molecule has 0 spiro atoms. The van der Waals surface area contributed by atoms with E-state index in [1.807, 2.05) is 60.0 Å². The largest absolute Gasteiger partial charge is 0.352 e. The zero-order chi connectivity index (χ0) is 22.8. The first-order valence-corrected chi connectivity index (χ1v) is 11.6. The van der Waals surface area contributed by atoms with E-state index in [1.165, 1.54) is 11.3 Å². The predicted molar refractivity (Wildman–Crippen MR) is 127 cm³/mol. The number of rotatable bonds is 6. The average molecular weight is 479 g/mol. The minimum absolute atomic E-state index is 0.0996. The van der Waals surface area contributed by atoms with E-state index in [4.69, 9.17) is 16.1 Å². The van der Waals surface area contributed by atoms with Crippen LogP contribution in [0.5, 0.6) is 0 Å². The second-order valence-electron chi connectivity index (χ2n) is 7.67. The van der Waals surface area contributed by atoms with Crippen molar-refractivity contribution in [3.05, 3.63) is 76.6 Å². The Bertz CT molecular complexity index is 1300. The maximum absolute atomic E-state index is 12.7. The van der Waals surface area contributed by atoms with Crippen LogP contribution in [0.2, 0.25) is 5.02 Å². The Labute approximate surface area is 199 Å². The summed E-state index contributed by atoms with van der Waals surface area (Å²) in [7, 11) is 0. The first-order chi connectivity index (χ1) is 16.1. The summed E-state index contributed by atoms with van der Waals surface area (Å²) in [6.07, 6.45) is 0.156. The Hall–Kier alpha value is -3.49. The van der Waals surface area contributed by atoms with E-state index in [0.717, 1.165) is 16.0 Å². The van der Waals surface area contributed by atoms with Crippen molar-refractivity contribution < 1.29 is 14.1 Å². The van der Waals surface area contributed by atoms with Crippen LogP contribution in [0.25, 0.3) is 22.2 Å². The van der Waals surface area contributed by atoms with Gasteiger partial charge in [-0.1, -0.05) is 53.2 Å². The van der Waals surface area contributed by atoms with Gasteiger partial charge in [0.05, 0.1) is 10.8 Å². The monoisotopic (exact) mass is 478 g/mol. The second kappa shape index (κ2) is 9.17. The predicted octanol–water partition coefficient (Wildman–Crippen LogP) is 4.79. The minimum Gasteiger partial charge on any atom is -0.352 e. The van der Waals surface area contributed by atoms with Gasteiger partial charge >= 0.3 is 0 Å². The van der Waals surface area contributed by atoms with Crippen molar-refractivity contribution >= 4 is 40.4 Å². The Morgan fingerprint density at radius 2 is 2.06 bits per heavy atom. The molecule has 2 amide bonds. The molecule has 7 nitrogen and oxygen atoms in total. The molecule has 4 aromatic rings. The standard InChI is InChI=1S/C24H19ClN4O3S/c25-19-8-2-1-5-16(19)13-26-23(31)17-12-21(30)29(14-17)18-7-3-6-15(11-18)22-27-24(32-28-22)20-9-4-10-33-20/h1-11,17H,12-14H2,(H,26,31)/t17-/m1/s1. The summed E-state index contributed by atoms with van der Waals surface area (Å²) in [5.74, 6) is 0.205. The number of carbonyl (C=O) groups excluding carboxylic acids is 2. The van der Waals surface area contributed by atoms with Gasteiger partial charge in [-0.05, 0) is 35.2 Å². The van der Waals surface area contributed by atoms with Crippen LogP contribution in [-0.2, 0) is 16.1 Å². The molecule has 0 aliphatic carbocycles. The lowest BCUT2D eigenvalue weighted by molar-refractivity contribution is -0.126. The van der Waals surface area contributed by atoms with Gasteiger partial charge in [-0.25, -0.2) is 0 Å². The van der Waals surface area contributed by atoms with E-state index in [9.17, 15) is 9.59 Å². The van der Waals surface area contributed by atoms with Gasteiger partial charge in [0, 0.05) is 35.8 Å². The van der Waals surface area contributed by atoms with Gasteiger partial charge in [0.15, 0.2) is 0 Å². The van der Waals surface area contributed by atoms with Gasteiger partial charge in [0.2, 0.25) is 17.6 Å². The zero-order valence-corrected chi connectivity index (χ0v) is 19.0. The molecule has 0 saturated carbocycles. The molecule has 1 atom stereocenters. The normalized spacial score (nSPS) is 15.7. The zero-order valence-electron chi connectivity index (χ0n) is 17.4. The number of benzene rings is 2. The highest BCUT2D eigenvalue weighted by Gasteiger charge is 2.35. The number of thiophene rings is 1. The quantitative estimate of drug-likeness (QED) is 0.430. The van der Waals surface area contributed by atoms with Crippen LogP contribution in [0, 0.1) is 5.92 Å². The van der Waals surface area contributed by atoms with E-state index >= 15 is 0 Å². The number of nitrogens with one attached hydrogen (secondary N) is 1. The number of carbonyl (C=O) groups is 2. The number of hydrogen-bond acceptors (Lipinski definition) is 6. The molecule has 0 bridgehead atoms. The van der Waals surface area contributed by atoms with Crippen molar-refractivity contribution in [1.82, 2.24) is 15.5 Å². The maximum atomic E-state index is 12.7. The summed E-state index contributed by atoms with van der Waals surface area (Å²) < 4.78 is 5.38. The van der Waals surface area contributed by atoms with Crippen LogP contribution >= 0.6 is 22.9 Å². The summed E-state index contributed by atoms with van der Waals surface area (Å²) >= 11 is 7.68. The van der Waals surface area contributed by atoms with Crippen molar-refractivity contribution in [3.8, 4) is 22.2 Å². The third-order valence-electron chi connectivity index (χ3n) is 5.48. The maximum Gasteiger partial charge on any atom is 0.268 e. The highest BCUT2D eigenvalue weighted by Crippen LogP contribution is 2.30. The van der Waals surface area contributed by atoms with Gasteiger partial charge < -0.3 is 14.7 Å². The number of anilines is 1. The van der Waals surface area contributed by atoms with E-state index < -0.39 is 5.92 Å². The Morgan fingerprint density at radius 1 is 1.18 bits per heavy atom. The molecule has 0 unspecified atom stereocenters. The lowest BCUT2D eigenvalue weighted by Crippen LogP contribution is -2.32. The molecular formula is C24H19ClN4O3S. The Kier molecular flexibility index (Phi) is 5.93. The number of hydrogen-bond donors (Lipinski definition) is 1. The highest BCUT2D eigenvalue weighted by atomic mass is 35.5. The number of halogens is 1. The summed E-state index contributed by atoms with van der Waals surface area (Å²) in [5, 5.41) is 9.51. The van der Waals surface area contributed by atoms with Crippen molar-refractivity contribution in [2.24, 2.45) is 5.92 Å². The summed E-state index contributed by atoms with van der Waals surface area (Å²) in [5.41, 5.74) is 2.27. The van der Waals surface area contributed by atoms with Crippen LogP contribution < -0.4 is 10.2 Å². The molecular weight excluding hydrogens is 460 g/mol. The van der Waals surface area contributed by atoms with Crippen LogP contribution in [0.1, 0.15) is 12.0 Å². The first kappa shape index (κ1) is 21.4. The molecule has 2 aromatic heterocycles. The number of amides is 2.